The topological polar surface area (TPSA) is 41.6 Å². The molecule has 4 aliphatic carbocycles. The van der Waals surface area contributed by atoms with Crippen molar-refractivity contribution in [2.75, 3.05) is 11.9 Å². The van der Waals surface area contributed by atoms with Crippen LogP contribution in [0.3, 0.4) is 0 Å². The van der Waals surface area contributed by atoms with Crippen molar-refractivity contribution >= 4 is 44.1 Å². The lowest BCUT2D eigenvalue weighted by Crippen LogP contribution is -2.40. The zero-order valence-corrected chi connectivity index (χ0v) is 34.4. The van der Waals surface area contributed by atoms with Gasteiger partial charge in [-0.25, -0.2) is 0 Å². The number of allylic oxidation sites excluding steroid dienone is 12. The fourth-order valence-corrected chi connectivity index (χ4v) is 10.3. The summed E-state index contributed by atoms with van der Waals surface area (Å²) in [5, 5.41) is 4.96. The molecular weight excluding hydrogens is 739 g/mol. The molecule has 2 unspecified atom stereocenters. The molecule has 0 saturated heterocycles. The van der Waals surface area contributed by atoms with Crippen LogP contribution in [0.2, 0.25) is 0 Å². The Morgan fingerprint density at radius 3 is 2.28 bits per heavy atom. The molecule has 0 spiro atoms. The molecule has 0 aromatic heterocycles. The van der Waals surface area contributed by atoms with Gasteiger partial charge in [0.2, 0.25) is 0 Å². The zero-order valence-electron chi connectivity index (χ0n) is 34.4. The van der Waals surface area contributed by atoms with E-state index in [9.17, 15) is 0 Å². The third-order valence-corrected chi connectivity index (χ3v) is 13.2. The second kappa shape index (κ2) is 15.4. The molecule has 1 aliphatic heterocycles. The minimum absolute atomic E-state index is 0.262. The fraction of sp³-hybridized carbons (Fsp3) is 0.121. The van der Waals surface area contributed by atoms with Crippen LogP contribution in [0.1, 0.15) is 47.4 Å². The maximum Gasteiger partial charge on any atom is 0.0649 e. The average molecular weight is 786 g/mol. The molecule has 3 nitrogen and oxygen atoms in total. The largest absolute Gasteiger partial charge is 0.398 e. The molecule has 61 heavy (non-hydrogen) atoms. The molecule has 3 atom stereocenters. The highest BCUT2D eigenvalue weighted by atomic mass is 15.2. The van der Waals surface area contributed by atoms with Gasteiger partial charge in [0, 0.05) is 35.3 Å². The zero-order chi connectivity index (χ0) is 40.9. The van der Waals surface area contributed by atoms with E-state index in [-0.39, 0.29) is 12.0 Å². The van der Waals surface area contributed by atoms with E-state index in [1.165, 1.54) is 66.2 Å². The van der Waals surface area contributed by atoms with Crippen molar-refractivity contribution in [1.29, 1.82) is 0 Å². The molecule has 0 amide bonds. The Balaban J connectivity index is 1.15. The number of nitrogens with zero attached hydrogens (tertiary/aromatic N) is 2. The maximum atomic E-state index is 6.91. The molecule has 6 aromatic rings. The van der Waals surface area contributed by atoms with Crippen LogP contribution in [0.5, 0.6) is 0 Å². The van der Waals surface area contributed by atoms with E-state index >= 15 is 0 Å². The summed E-state index contributed by atoms with van der Waals surface area (Å²) in [6, 6.07) is 43.6. The molecule has 0 bridgehead atoms. The van der Waals surface area contributed by atoms with Crippen molar-refractivity contribution in [3.05, 3.63) is 234 Å². The highest BCUT2D eigenvalue weighted by Crippen LogP contribution is 2.52. The standard InChI is InChI=1S/C58H47N3/c1-60-55-26-14-11-24-50(55)57(43-31-30-40-34-39(28-29-41(40)35-43)38-16-4-2-5-17-38)52-36-42(32-33-46(52)47-21-10-13-25-54(47)59)51-37-53-48-22-12-15-27-56(48)61(44-18-6-3-7-19-44)58(53)49-23-9-8-20-45(49)51/h2-9,11-18,20,22-37,44,48,56H,10,19,21,59H2,1H3/b57-50?,60-55-/t44?,48-,56?/m0/s1. The number of fused-ring (bicyclic) bond motifs is 6. The Bertz CT molecular complexity index is 3090. The average Bonchev–Trinajstić information content (AvgIpc) is 3.67. The lowest BCUT2D eigenvalue weighted by Gasteiger charge is -2.35. The number of hydrogen-bond donors (Lipinski definition) is 1. The monoisotopic (exact) mass is 785 g/mol. The van der Waals surface area contributed by atoms with Crippen LogP contribution >= 0.6 is 0 Å². The van der Waals surface area contributed by atoms with Gasteiger partial charge in [0.1, 0.15) is 0 Å². The van der Waals surface area contributed by atoms with Gasteiger partial charge in [-0.15, -0.1) is 0 Å². The summed E-state index contributed by atoms with van der Waals surface area (Å²) in [4.78, 5) is 7.54. The predicted molar refractivity (Wildman–Crippen MR) is 260 cm³/mol. The lowest BCUT2D eigenvalue weighted by molar-refractivity contribution is 0.615. The summed E-state index contributed by atoms with van der Waals surface area (Å²) < 4.78 is 0. The molecular formula is C58H47N3. The van der Waals surface area contributed by atoms with Crippen molar-refractivity contribution in [2.24, 2.45) is 10.7 Å². The van der Waals surface area contributed by atoms with E-state index < -0.39 is 0 Å². The third kappa shape index (κ3) is 6.40. The fourth-order valence-electron chi connectivity index (χ4n) is 10.3. The summed E-state index contributed by atoms with van der Waals surface area (Å²) in [5.74, 6) is 0.264. The van der Waals surface area contributed by atoms with Crippen LogP contribution in [0, 0.1) is 0 Å². The summed E-state index contributed by atoms with van der Waals surface area (Å²) >= 11 is 0. The van der Waals surface area contributed by atoms with Crippen molar-refractivity contribution in [2.45, 2.75) is 37.3 Å². The van der Waals surface area contributed by atoms with Gasteiger partial charge in [-0.3, -0.25) is 4.99 Å². The normalized spacial score (nSPS) is 21.6. The van der Waals surface area contributed by atoms with Gasteiger partial charge in [0.15, 0.2) is 0 Å². The highest BCUT2D eigenvalue weighted by Gasteiger charge is 2.41. The summed E-state index contributed by atoms with van der Waals surface area (Å²) in [6.07, 6.45) is 34.0. The second-order valence-electron chi connectivity index (χ2n) is 16.6. The first kappa shape index (κ1) is 36.8. The Hall–Kier alpha value is -7.23. The molecule has 2 N–H and O–H groups in total. The molecule has 11 rings (SSSR count). The Labute approximate surface area is 358 Å². The Morgan fingerprint density at radius 2 is 1.43 bits per heavy atom. The summed E-state index contributed by atoms with van der Waals surface area (Å²) in [7, 11) is 1.90. The third-order valence-electron chi connectivity index (χ3n) is 13.2. The van der Waals surface area contributed by atoms with Crippen LogP contribution in [0.25, 0.3) is 54.9 Å². The Morgan fingerprint density at radius 1 is 0.639 bits per heavy atom. The SMILES string of the molecule is C/N=C1/C=CC=CC1=C(c1ccc2cc(-c3ccccc3)ccc2c1)c1cc(-c2cc3c(c4ccccc24)N(C2C=CC=CC2)C2C=CC=C[C@@H]32)ccc1C1=C(N)C=CCC1. The smallest absolute Gasteiger partial charge is 0.0649 e. The van der Waals surface area contributed by atoms with Crippen molar-refractivity contribution in [3.63, 3.8) is 0 Å². The maximum absolute atomic E-state index is 6.91. The van der Waals surface area contributed by atoms with Gasteiger partial charge in [0.25, 0.3) is 0 Å². The van der Waals surface area contributed by atoms with E-state index in [2.05, 4.69) is 205 Å². The van der Waals surface area contributed by atoms with Crippen molar-refractivity contribution < 1.29 is 0 Å². The number of hydrogen-bond acceptors (Lipinski definition) is 3. The predicted octanol–water partition coefficient (Wildman–Crippen LogP) is 13.6. The quantitative estimate of drug-likeness (QED) is 0.183. The lowest BCUT2D eigenvalue weighted by atomic mass is 9.80. The summed E-state index contributed by atoms with van der Waals surface area (Å²) in [6.45, 7) is 0. The number of nitrogens with two attached hydrogens (primary N) is 1. The first-order chi connectivity index (χ1) is 30.1. The van der Waals surface area contributed by atoms with E-state index in [0.29, 0.717) is 6.04 Å². The molecule has 3 heteroatoms. The van der Waals surface area contributed by atoms with Gasteiger partial charge >= 0.3 is 0 Å². The van der Waals surface area contributed by atoms with Gasteiger partial charge < -0.3 is 10.6 Å². The number of benzene rings is 6. The van der Waals surface area contributed by atoms with Crippen LogP contribution in [0.15, 0.2) is 217 Å². The van der Waals surface area contributed by atoms with Crippen LogP contribution in [0.4, 0.5) is 5.69 Å². The van der Waals surface area contributed by atoms with Crippen LogP contribution in [-0.2, 0) is 0 Å². The molecule has 0 fully saturated rings. The van der Waals surface area contributed by atoms with Gasteiger partial charge in [0.05, 0.1) is 17.8 Å². The summed E-state index contributed by atoms with van der Waals surface area (Å²) in [5.41, 5.74) is 23.2. The molecule has 1 heterocycles. The Kier molecular flexibility index (Phi) is 9.31. The van der Waals surface area contributed by atoms with E-state index in [1.807, 2.05) is 7.05 Å². The van der Waals surface area contributed by atoms with Crippen molar-refractivity contribution in [1.82, 2.24) is 0 Å². The van der Waals surface area contributed by atoms with Crippen LogP contribution < -0.4 is 10.6 Å². The van der Waals surface area contributed by atoms with E-state index in [4.69, 9.17) is 10.7 Å². The number of anilines is 1. The number of aliphatic imine (C=N–C) groups is 1. The first-order valence-electron chi connectivity index (χ1n) is 21.6. The minimum atomic E-state index is 0.262. The molecule has 294 valence electrons. The highest BCUT2D eigenvalue weighted by molar-refractivity contribution is 6.19. The minimum Gasteiger partial charge on any atom is -0.398 e. The van der Waals surface area contributed by atoms with E-state index in [1.54, 1.807) is 0 Å². The van der Waals surface area contributed by atoms with Gasteiger partial charge in [-0.1, -0.05) is 164 Å². The van der Waals surface area contributed by atoms with Crippen molar-refractivity contribution in [3.8, 4) is 22.3 Å². The van der Waals surface area contributed by atoms with Crippen LogP contribution in [-0.4, -0.2) is 24.8 Å². The molecule has 5 aliphatic rings. The first-order valence-corrected chi connectivity index (χ1v) is 21.6. The second-order valence-corrected chi connectivity index (χ2v) is 16.6. The van der Waals surface area contributed by atoms with Gasteiger partial charge in [-0.05, 0) is 127 Å². The number of rotatable bonds is 6. The van der Waals surface area contributed by atoms with Gasteiger partial charge in [-0.2, -0.15) is 0 Å². The molecule has 0 saturated carbocycles. The van der Waals surface area contributed by atoms with E-state index in [0.717, 1.165) is 52.9 Å². The molecule has 6 aromatic carbocycles. The molecule has 0 radical (unpaired) electrons.